The highest BCUT2D eigenvalue weighted by Crippen LogP contribution is 2.12. The van der Waals surface area contributed by atoms with Crippen molar-refractivity contribution < 1.29 is 9.84 Å². The molecule has 0 aliphatic carbocycles. The summed E-state index contributed by atoms with van der Waals surface area (Å²) in [5.74, 6) is 0. The van der Waals surface area contributed by atoms with E-state index in [0.29, 0.717) is 0 Å². The van der Waals surface area contributed by atoms with Crippen molar-refractivity contribution >= 4 is 0 Å². The van der Waals surface area contributed by atoms with E-state index in [1.165, 1.54) is 0 Å². The number of hydrogen-bond acceptors (Lipinski definition) is 4. The molecule has 1 heterocycles. The van der Waals surface area contributed by atoms with E-state index in [2.05, 4.69) is 17.1 Å². The summed E-state index contributed by atoms with van der Waals surface area (Å²) in [6, 6.07) is 0. The fourth-order valence-corrected chi connectivity index (χ4v) is 2.00. The molecular formula is C12H26N2O2. The van der Waals surface area contributed by atoms with Crippen LogP contribution in [0.25, 0.3) is 0 Å². The molecule has 0 aromatic heterocycles. The molecule has 0 aromatic rings. The topological polar surface area (TPSA) is 44.7 Å². The van der Waals surface area contributed by atoms with Crippen molar-refractivity contribution in [2.75, 3.05) is 46.5 Å². The maximum absolute atomic E-state index is 9.27. The largest absolute Gasteiger partial charge is 0.394 e. The van der Waals surface area contributed by atoms with Crippen LogP contribution < -0.4 is 5.32 Å². The number of nitrogens with zero attached hydrogens (tertiary/aromatic N) is 1. The van der Waals surface area contributed by atoms with Crippen molar-refractivity contribution in [2.45, 2.75) is 31.7 Å². The minimum absolute atomic E-state index is 0.123. The molecule has 1 rings (SSSR count). The van der Waals surface area contributed by atoms with Gasteiger partial charge in [-0.3, -0.25) is 0 Å². The first kappa shape index (κ1) is 13.9. The molecule has 2 N–H and O–H groups in total. The van der Waals surface area contributed by atoms with E-state index >= 15 is 0 Å². The zero-order chi connectivity index (χ0) is 11.9. The van der Waals surface area contributed by atoms with Gasteiger partial charge in [0.05, 0.1) is 13.2 Å². The Morgan fingerprint density at radius 3 is 2.88 bits per heavy atom. The summed E-state index contributed by atoms with van der Waals surface area (Å²) in [6.45, 7) is 7.35. The van der Waals surface area contributed by atoms with E-state index in [0.717, 1.165) is 52.1 Å². The third-order valence-corrected chi connectivity index (χ3v) is 3.47. The SMILES string of the molecule is CNC(C)(CO)CCCN1CCCOCC1. The summed E-state index contributed by atoms with van der Waals surface area (Å²) in [7, 11) is 1.91. The summed E-state index contributed by atoms with van der Waals surface area (Å²) in [4.78, 5) is 2.46. The molecule has 0 aromatic carbocycles. The minimum atomic E-state index is -0.123. The van der Waals surface area contributed by atoms with Gasteiger partial charge in [-0.1, -0.05) is 0 Å². The summed E-state index contributed by atoms with van der Waals surface area (Å²) >= 11 is 0. The Morgan fingerprint density at radius 1 is 1.38 bits per heavy atom. The van der Waals surface area contributed by atoms with E-state index in [1.807, 2.05) is 7.05 Å². The number of likely N-dealkylation sites (N-methyl/N-ethyl adjacent to an activating group) is 1. The number of rotatable bonds is 6. The smallest absolute Gasteiger partial charge is 0.0610 e. The van der Waals surface area contributed by atoms with Gasteiger partial charge in [0.25, 0.3) is 0 Å². The van der Waals surface area contributed by atoms with Crippen LogP contribution in [0.5, 0.6) is 0 Å². The Labute approximate surface area is 99.0 Å². The van der Waals surface area contributed by atoms with Crippen LogP contribution >= 0.6 is 0 Å². The Morgan fingerprint density at radius 2 is 2.19 bits per heavy atom. The summed E-state index contributed by atoms with van der Waals surface area (Å²) in [6.07, 6.45) is 3.28. The lowest BCUT2D eigenvalue weighted by Gasteiger charge is -2.28. The van der Waals surface area contributed by atoms with Gasteiger partial charge in [-0.25, -0.2) is 0 Å². The summed E-state index contributed by atoms with van der Waals surface area (Å²) in [5.41, 5.74) is -0.123. The van der Waals surface area contributed by atoms with Crippen molar-refractivity contribution in [3.8, 4) is 0 Å². The molecule has 0 saturated carbocycles. The number of ether oxygens (including phenoxy) is 1. The molecule has 1 saturated heterocycles. The van der Waals surface area contributed by atoms with Crippen LogP contribution in [-0.2, 0) is 4.74 Å². The molecule has 1 unspecified atom stereocenters. The lowest BCUT2D eigenvalue weighted by molar-refractivity contribution is 0.138. The number of hydrogen-bond donors (Lipinski definition) is 2. The van der Waals surface area contributed by atoms with E-state index in [1.54, 1.807) is 0 Å². The molecule has 1 aliphatic rings. The molecule has 1 fully saturated rings. The van der Waals surface area contributed by atoms with Gasteiger partial charge < -0.3 is 20.1 Å². The molecule has 96 valence electrons. The molecule has 1 aliphatic heterocycles. The third kappa shape index (κ3) is 4.78. The third-order valence-electron chi connectivity index (χ3n) is 3.47. The first-order valence-electron chi connectivity index (χ1n) is 6.30. The highest BCUT2D eigenvalue weighted by atomic mass is 16.5. The average Bonchev–Trinajstić information content (AvgIpc) is 2.57. The maximum atomic E-state index is 9.27. The fraction of sp³-hybridized carbons (Fsp3) is 1.00. The predicted molar refractivity (Wildman–Crippen MR) is 65.7 cm³/mol. The van der Waals surface area contributed by atoms with E-state index in [4.69, 9.17) is 4.74 Å². The first-order chi connectivity index (χ1) is 7.70. The van der Waals surface area contributed by atoms with Crippen LogP contribution in [0.1, 0.15) is 26.2 Å². The van der Waals surface area contributed by atoms with Crippen molar-refractivity contribution in [1.29, 1.82) is 0 Å². The van der Waals surface area contributed by atoms with Crippen LogP contribution in [0, 0.1) is 0 Å². The van der Waals surface area contributed by atoms with E-state index in [-0.39, 0.29) is 12.1 Å². The minimum Gasteiger partial charge on any atom is -0.394 e. The second kappa shape index (κ2) is 7.22. The van der Waals surface area contributed by atoms with Crippen LogP contribution in [-0.4, -0.2) is 62.0 Å². The molecule has 4 heteroatoms. The fourth-order valence-electron chi connectivity index (χ4n) is 2.00. The predicted octanol–water partition coefficient (Wildman–Crippen LogP) is 0.459. The molecule has 16 heavy (non-hydrogen) atoms. The van der Waals surface area contributed by atoms with Gasteiger partial charge in [0.15, 0.2) is 0 Å². The standard InChI is InChI=1S/C12H26N2O2/c1-12(11-15,13-2)5-3-6-14-7-4-9-16-10-8-14/h13,15H,3-11H2,1-2H3. The van der Waals surface area contributed by atoms with Crippen LogP contribution in [0.15, 0.2) is 0 Å². The quantitative estimate of drug-likeness (QED) is 0.696. The van der Waals surface area contributed by atoms with Crippen LogP contribution in [0.4, 0.5) is 0 Å². The molecular weight excluding hydrogens is 204 g/mol. The van der Waals surface area contributed by atoms with Gasteiger partial charge >= 0.3 is 0 Å². The summed E-state index contributed by atoms with van der Waals surface area (Å²) < 4.78 is 5.42. The van der Waals surface area contributed by atoms with Gasteiger partial charge in [-0.2, -0.15) is 0 Å². The highest BCUT2D eigenvalue weighted by Gasteiger charge is 2.20. The van der Waals surface area contributed by atoms with E-state index in [9.17, 15) is 5.11 Å². The molecule has 0 amide bonds. The van der Waals surface area contributed by atoms with Gasteiger partial charge in [0.2, 0.25) is 0 Å². The number of aliphatic hydroxyl groups excluding tert-OH is 1. The highest BCUT2D eigenvalue weighted by molar-refractivity contribution is 4.80. The normalized spacial score (nSPS) is 22.7. The zero-order valence-electron chi connectivity index (χ0n) is 10.7. The molecule has 0 radical (unpaired) electrons. The van der Waals surface area contributed by atoms with Gasteiger partial charge in [-0.05, 0) is 39.8 Å². The Kier molecular flexibility index (Phi) is 6.28. The lowest BCUT2D eigenvalue weighted by atomic mass is 9.97. The maximum Gasteiger partial charge on any atom is 0.0610 e. The zero-order valence-corrected chi connectivity index (χ0v) is 10.7. The Hall–Kier alpha value is -0.160. The molecule has 1 atom stereocenters. The number of aliphatic hydroxyl groups is 1. The second-order valence-electron chi connectivity index (χ2n) is 4.88. The molecule has 0 bridgehead atoms. The lowest BCUT2D eigenvalue weighted by Crippen LogP contribution is -2.44. The Balaban J connectivity index is 2.18. The van der Waals surface area contributed by atoms with E-state index < -0.39 is 0 Å². The monoisotopic (exact) mass is 230 g/mol. The van der Waals surface area contributed by atoms with Gasteiger partial charge in [0.1, 0.15) is 0 Å². The van der Waals surface area contributed by atoms with Gasteiger partial charge in [0, 0.05) is 25.2 Å². The Bertz CT molecular complexity index is 176. The van der Waals surface area contributed by atoms with Crippen LogP contribution in [0.2, 0.25) is 0 Å². The summed E-state index contributed by atoms with van der Waals surface area (Å²) in [5, 5.41) is 12.5. The number of nitrogens with one attached hydrogen (secondary N) is 1. The second-order valence-corrected chi connectivity index (χ2v) is 4.88. The molecule has 4 nitrogen and oxygen atoms in total. The average molecular weight is 230 g/mol. The van der Waals surface area contributed by atoms with Crippen LogP contribution in [0.3, 0.4) is 0 Å². The van der Waals surface area contributed by atoms with Crippen molar-refractivity contribution in [1.82, 2.24) is 10.2 Å². The van der Waals surface area contributed by atoms with Crippen molar-refractivity contribution in [2.24, 2.45) is 0 Å². The van der Waals surface area contributed by atoms with Crippen molar-refractivity contribution in [3.05, 3.63) is 0 Å². The first-order valence-corrected chi connectivity index (χ1v) is 6.30. The van der Waals surface area contributed by atoms with Crippen molar-refractivity contribution in [3.63, 3.8) is 0 Å². The van der Waals surface area contributed by atoms with Gasteiger partial charge in [-0.15, -0.1) is 0 Å². The molecule has 0 spiro atoms.